The van der Waals surface area contributed by atoms with Crippen LogP contribution in [-0.4, -0.2) is 44.1 Å². The third-order valence-electron chi connectivity index (χ3n) is 5.90. The number of carbonyl (C=O) groups excluding carboxylic acids is 2. The molecule has 31 heavy (non-hydrogen) atoms. The molecular weight excluding hydrogens is 398 g/mol. The van der Waals surface area contributed by atoms with Gasteiger partial charge in [-0.1, -0.05) is 56.2 Å². The normalized spacial score (nSPS) is 15.4. The van der Waals surface area contributed by atoms with Crippen molar-refractivity contribution in [2.45, 2.75) is 70.3 Å². The van der Waals surface area contributed by atoms with E-state index in [9.17, 15) is 9.59 Å². The van der Waals surface area contributed by atoms with Gasteiger partial charge in [0.25, 0.3) is 11.7 Å². The number of hydroxylamine groups is 1. The number of nitrogens with zero attached hydrogens (tertiary/aromatic N) is 4. The van der Waals surface area contributed by atoms with Crippen molar-refractivity contribution < 1.29 is 19.3 Å². The molecule has 2 aromatic heterocycles. The molecule has 0 saturated heterocycles. The van der Waals surface area contributed by atoms with Crippen molar-refractivity contribution in [1.29, 1.82) is 0 Å². The highest BCUT2D eigenvalue weighted by molar-refractivity contribution is 5.90. The van der Waals surface area contributed by atoms with Gasteiger partial charge in [0.15, 0.2) is 0 Å². The van der Waals surface area contributed by atoms with E-state index in [1.54, 1.807) is 18.7 Å². The Balaban J connectivity index is 1.61. The minimum Gasteiger partial charge on any atom is -0.338 e. The molecule has 0 radical (unpaired) electrons. The quantitative estimate of drug-likeness (QED) is 0.438. The lowest BCUT2D eigenvalue weighted by Crippen LogP contribution is -2.27. The molecule has 1 saturated carbocycles. The summed E-state index contributed by atoms with van der Waals surface area (Å²) in [4.78, 5) is 34.4. The van der Waals surface area contributed by atoms with Crippen LogP contribution in [0.4, 0.5) is 0 Å². The van der Waals surface area contributed by atoms with E-state index in [1.165, 1.54) is 37.0 Å². The van der Waals surface area contributed by atoms with Crippen LogP contribution in [0.25, 0.3) is 0 Å². The monoisotopic (exact) mass is 429 g/mol. The fraction of sp³-hybridized carbons (Fsp3) is 0.591. The molecule has 2 aromatic rings. The van der Waals surface area contributed by atoms with E-state index < -0.39 is 5.91 Å². The highest BCUT2D eigenvalue weighted by Crippen LogP contribution is 2.31. The van der Waals surface area contributed by atoms with Crippen LogP contribution in [0.2, 0.25) is 0 Å². The van der Waals surface area contributed by atoms with E-state index in [1.807, 2.05) is 18.2 Å². The summed E-state index contributed by atoms with van der Waals surface area (Å²) in [5.74, 6) is -0.293. The van der Waals surface area contributed by atoms with Gasteiger partial charge in [0.05, 0.1) is 12.2 Å². The lowest BCUT2D eigenvalue weighted by atomic mass is 9.84. The van der Waals surface area contributed by atoms with E-state index in [0.29, 0.717) is 13.0 Å². The van der Waals surface area contributed by atoms with Crippen LogP contribution in [0.5, 0.6) is 0 Å². The molecule has 3 rings (SSSR count). The van der Waals surface area contributed by atoms with Gasteiger partial charge in [-0.3, -0.25) is 19.8 Å². The van der Waals surface area contributed by atoms with Crippen molar-refractivity contribution in [2.24, 2.45) is 5.92 Å². The molecule has 2 heterocycles. The second-order valence-electron chi connectivity index (χ2n) is 8.31. The van der Waals surface area contributed by atoms with E-state index in [4.69, 9.17) is 9.73 Å². The largest absolute Gasteiger partial charge is 0.338 e. The van der Waals surface area contributed by atoms with Gasteiger partial charge in [0.2, 0.25) is 11.8 Å². The summed E-state index contributed by atoms with van der Waals surface area (Å²) >= 11 is 0. The smallest absolute Gasteiger partial charge is 0.295 e. The molecule has 9 nitrogen and oxygen atoms in total. The van der Waals surface area contributed by atoms with Crippen molar-refractivity contribution in [2.75, 3.05) is 7.05 Å². The van der Waals surface area contributed by atoms with Gasteiger partial charge in [-0.2, -0.15) is 4.98 Å². The minimum absolute atomic E-state index is 0.0285. The third kappa shape index (κ3) is 6.85. The molecule has 0 spiro atoms. The Bertz CT molecular complexity index is 835. The van der Waals surface area contributed by atoms with Gasteiger partial charge in [-0.05, 0) is 24.5 Å². The average Bonchev–Trinajstić information content (AvgIpc) is 3.29. The number of pyridine rings is 1. The van der Waals surface area contributed by atoms with Crippen LogP contribution in [0, 0.1) is 5.92 Å². The van der Waals surface area contributed by atoms with Gasteiger partial charge in [0.1, 0.15) is 0 Å². The lowest BCUT2D eigenvalue weighted by molar-refractivity contribution is -0.129. The van der Waals surface area contributed by atoms with Gasteiger partial charge in [-0.25, -0.2) is 5.48 Å². The molecule has 2 N–H and O–H groups in total. The first-order chi connectivity index (χ1) is 15.1. The van der Waals surface area contributed by atoms with Crippen LogP contribution < -0.4 is 5.48 Å². The van der Waals surface area contributed by atoms with E-state index in [-0.39, 0.29) is 30.0 Å². The van der Waals surface area contributed by atoms with Crippen molar-refractivity contribution >= 4 is 11.8 Å². The maximum Gasteiger partial charge on any atom is 0.295 e. The highest BCUT2D eigenvalue weighted by Gasteiger charge is 2.26. The van der Waals surface area contributed by atoms with E-state index >= 15 is 0 Å². The first kappa shape index (κ1) is 22.9. The standard InChI is InChI=1S/C22H31N5O4/c1-27(15-18-12-5-6-13-23-18)22(29)20-24-21(31-26-20)17(14-19(28)25-30)11-7-10-16-8-3-2-4-9-16/h5-6,12-13,16-17,30H,2-4,7-11,14-15H2,1H3,(H,25,28)/t17-/m1/s1. The summed E-state index contributed by atoms with van der Waals surface area (Å²) in [6.45, 7) is 0.321. The molecular formula is C22H31N5O4. The number of nitrogens with one attached hydrogen (secondary N) is 1. The summed E-state index contributed by atoms with van der Waals surface area (Å²) in [6, 6.07) is 5.51. The zero-order chi connectivity index (χ0) is 22.1. The Kier molecular flexibility index (Phi) is 8.52. The summed E-state index contributed by atoms with van der Waals surface area (Å²) in [7, 11) is 1.65. The number of aromatic nitrogens is 3. The predicted octanol–water partition coefficient (Wildman–Crippen LogP) is 3.47. The Labute approximate surface area is 182 Å². The fourth-order valence-electron chi connectivity index (χ4n) is 4.18. The molecule has 0 bridgehead atoms. The molecule has 0 aliphatic heterocycles. The van der Waals surface area contributed by atoms with Crippen molar-refractivity contribution in [3.05, 3.63) is 41.8 Å². The molecule has 1 fully saturated rings. The summed E-state index contributed by atoms with van der Waals surface area (Å²) in [5.41, 5.74) is 2.42. The Morgan fingerprint density at radius 1 is 1.29 bits per heavy atom. The zero-order valence-corrected chi connectivity index (χ0v) is 18.0. The van der Waals surface area contributed by atoms with Gasteiger partial charge < -0.3 is 9.42 Å². The van der Waals surface area contributed by atoms with Gasteiger partial charge in [-0.15, -0.1) is 0 Å². The second kappa shape index (κ2) is 11.5. The minimum atomic E-state index is -0.513. The van der Waals surface area contributed by atoms with Gasteiger partial charge >= 0.3 is 0 Å². The third-order valence-corrected chi connectivity index (χ3v) is 5.90. The van der Waals surface area contributed by atoms with Crippen molar-refractivity contribution in [3.63, 3.8) is 0 Å². The SMILES string of the molecule is CN(Cc1ccccn1)C(=O)c1noc([C@H](CCCC2CCCCC2)CC(=O)NO)n1. The maximum absolute atomic E-state index is 12.7. The van der Waals surface area contributed by atoms with Crippen LogP contribution in [0.1, 0.15) is 85.9 Å². The fourth-order valence-corrected chi connectivity index (χ4v) is 4.18. The number of hydrogen-bond acceptors (Lipinski definition) is 7. The Hall–Kier alpha value is -2.81. The molecule has 168 valence electrons. The first-order valence-corrected chi connectivity index (χ1v) is 11.0. The van der Waals surface area contributed by atoms with Crippen LogP contribution in [-0.2, 0) is 11.3 Å². The molecule has 1 aliphatic rings. The second-order valence-corrected chi connectivity index (χ2v) is 8.31. The highest BCUT2D eigenvalue weighted by atomic mass is 16.5. The van der Waals surface area contributed by atoms with E-state index in [2.05, 4.69) is 15.1 Å². The summed E-state index contributed by atoms with van der Waals surface area (Å²) in [6.07, 6.45) is 10.9. The summed E-state index contributed by atoms with van der Waals surface area (Å²) < 4.78 is 5.35. The van der Waals surface area contributed by atoms with E-state index in [0.717, 1.165) is 24.5 Å². The average molecular weight is 430 g/mol. The Morgan fingerprint density at radius 2 is 2.10 bits per heavy atom. The van der Waals surface area contributed by atoms with Gasteiger partial charge in [0, 0.05) is 25.6 Å². The van der Waals surface area contributed by atoms with Crippen LogP contribution >= 0.6 is 0 Å². The van der Waals surface area contributed by atoms with Crippen molar-refractivity contribution in [3.8, 4) is 0 Å². The zero-order valence-electron chi connectivity index (χ0n) is 18.0. The maximum atomic E-state index is 12.7. The topological polar surface area (TPSA) is 121 Å². The number of rotatable bonds is 10. The summed E-state index contributed by atoms with van der Waals surface area (Å²) in [5, 5.41) is 12.8. The Morgan fingerprint density at radius 3 is 2.81 bits per heavy atom. The number of carbonyl (C=O) groups is 2. The number of amides is 2. The first-order valence-electron chi connectivity index (χ1n) is 11.0. The predicted molar refractivity (Wildman–Crippen MR) is 112 cm³/mol. The molecule has 0 aromatic carbocycles. The lowest BCUT2D eigenvalue weighted by Gasteiger charge is -2.22. The molecule has 1 aliphatic carbocycles. The number of hydrogen-bond donors (Lipinski definition) is 2. The molecule has 0 unspecified atom stereocenters. The van der Waals surface area contributed by atoms with Crippen LogP contribution in [0.3, 0.4) is 0 Å². The molecule has 1 atom stereocenters. The van der Waals surface area contributed by atoms with Crippen LogP contribution in [0.15, 0.2) is 28.9 Å². The van der Waals surface area contributed by atoms with Crippen molar-refractivity contribution in [1.82, 2.24) is 25.5 Å². The molecule has 9 heteroatoms. The molecule has 2 amide bonds.